The van der Waals surface area contributed by atoms with Crippen molar-refractivity contribution >= 4 is 17.5 Å². The number of benzene rings is 3. The Balaban J connectivity index is 1.47. The number of carbonyl (C=O) groups excluding carboxylic acids is 2. The fraction of sp³-hybridized carbons (Fsp3) is 0.130. The summed E-state index contributed by atoms with van der Waals surface area (Å²) in [6, 6.07) is 16.1. The maximum atomic E-state index is 13.5. The van der Waals surface area contributed by atoms with Gasteiger partial charge in [0.05, 0.1) is 11.3 Å². The number of ether oxygens (including phenoxy) is 2. The van der Waals surface area contributed by atoms with Crippen molar-refractivity contribution < 1.29 is 23.5 Å². The number of hydrogen-bond acceptors (Lipinski definition) is 4. The van der Waals surface area contributed by atoms with E-state index in [1.54, 1.807) is 37.3 Å². The summed E-state index contributed by atoms with van der Waals surface area (Å²) in [6.45, 7) is 2.18. The minimum absolute atomic E-state index is 0.184. The number of carbonyl (C=O) groups is 2. The van der Waals surface area contributed by atoms with Gasteiger partial charge in [0.1, 0.15) is 5.82 Å². The van der Waals surface area contributed by atoms with Crippen LogP contribution in [-0.4, -0.2) is 18.6 Å². The smallest absolute Gasteiger partial charge is 0.256 e. The Kier molecular flexibility index (Phi) is 5.34. The molecule has 0 saturated heterocycles. The number of anilines is 1. The highest BCUT2D eigenvalue weighted by Crippen LogP contribution is 2.32. The highest BCUT2D eigenvalue weighted by atomic mass is 19.1. The van der Waals surface area contributed by atoms with Crippen LogP contribution in [0, 0.1) is 12.7 Å². The highest BCUT2D eigenvalue weighted by Gasteiger charge is 2.17. The monoisotopic (exact) mass is 406 g/mol. The van der Waals surface area contributed by atoms with Crippen molar-refractivity contribution in [3.63, 3.8) is 0 Å². The first kappa shape index (κ1) is 19.4. The third-order valence-corrected chi connectivity index (χ3v) is 4.75. The predicted molar refractivity (Wildman–Crippen MR) is 109 cm³/mol. The number of nitrogens with one attached hydrogen (secondary N) is 2. The van der Waals surface area contributed by atoms with Gasteiger partial charge in [-0.15, -0.1) is 0 Å². The quantitative estimate of drug-likeness (QED) is 0.670. The molecule has 0 atom stereocenters. The highest BCUT2D eigenvalue weighted by molar-refractivity contribution is 6.09. The van der Waals surface area contributed by atoms with Crippen LogP contribution < -0.4 is 20.1 Å². The predicted octanol–water partition coefficient (Wildman–Crippen LogP) is 4.05. The van der Waals surface area contributed by atoms with Crippen LogP contribution in [0.2, 0.25) is 0 Å². The topological polar surface area (TPSA) is 76.7 Å². The van der Waals surface area contributed by atoms with E-state index in [9.17, 15) is 14.0 Å². The average molecular weight is 406 g/mol. The third-order valence-electron chi connectivity index (χ3n) is 4.75. The van der Waals surface area contributed by atoms with Crippen molar-refractivity contribution in [2.24, 2.45) is 0 Å². The Morgan fingerprint density at radius 1 is 0.933 bits per heavy atom. The lowest BCUT2D eigenvalue weighted by molar-refractivity contribution is 0.0951. The van der Waals surface area contributed by atoms with Crippen LogP contribution in [0.3, 0.4) is 0 Å². The molecular formula is C23H19FN2O4. The zero-order chi connectivity index (χ0) is 21.1. The molecule has 3 aromatic rings. The van der Waals surface area contributed by atoms with Gasteiger partial charge >= 0.3 is 0 Å². The molecule has 1 heterocycles. The fourth-order valence-corrected chi connectivity index (χ4v) is 3.15. The summed E-state index contributed by atoms with van der Waals surface area (Å²) in [5.41, 5.74) is 2.35. The van der Waals surface area contributed by atoms with Gasteiger partial charge in [-0.25, -0.2) is 4.39 Å². The molecule has 152 valence electrons. The molecule has 0 saturated carbocycles. The number of rotatable bonds is 5. The van der Waals surface area contributed by atoms with E-state index < -0.39 is 11.7 Å². The van der Waals surface area contributed by atoms with Crippen molar-refractivity contribution in [3.05, 3.63) is 88.7 Å². The molecule has 0 unspecified atom stereocenters. The summed E-state index contributed by atoms with van der Waals surface area (Å²) in [6.07, 6.45) is 0. The van der Waals surface area contributed by atoms with Crippen molar-refractivity contribution in [1.82, 2.24) is 5.32 Å². The van der Waals surface area contributed by atoms with Crippen LogP contribution in [0.1, 0.15) is 31.8 Å². The van der Waals surface area contributed by atoms with Gasteiger partial charge < -0.3 is 20.1 Å². The molecule has 0 radical (unpaired) electrons. The van der Waals surface area contributed by atoms with Crippen LogP contribution in [0.5, 0.6) is 11.5 Å². The first-order valence-electron chi connectivity index (χ1n) is 9.34. The second-order valence-corrected chi connectivity index (χ2v) is 6.83. The second kappa shape index (κ2) is 8.24. The second-order valence-electron chi connectivity index (χ2n) is 6.83. The normalized spacial score (nSPS) is 11.8. The van der Waals surface area contributed by atoms with Crippen LogP contribution in [0.25, 0.3) is 0 Å². The van der Waals surface area contributed by atoms with Gasteiger partial charge in [0, 0.05) is 12.1 Å². The van der Waals surface area contributed by atoms with Gasteiger partial charge in [-0.2, -0.15) is 0 Å². The first-order valence-corrected chi connectivity index (χ1v) is 9.34. The van der Waals surface area contributed by atoms with Crippen molar-refractivity contribution in [2.75, 3.05) is 12.1 Å². The number of fused-ring (bicyclic) bond motifs is 1. The molecule has 0 aliphatic carbocycles. The summed E-state index contributed by atoms with van der Waals surface area (Å²) in [5, 5.41) is 5.54. The summed E-state index contributed by atoms with van der Waals surface area (Å²) >= 11 is 0. The summed E-state index contributed by atoms with van der Waals surface area (Å²) in [4.78, 5) is 25.3. The largest absolute Gasteiger partial charge is 0.454 e. The minimum Gasteiger partial charge on any atom is -0.454 e. The van der Waals surface area contributed by atoms with E-state index in [1.165, 1.54) is 18.2 Å². The molecule has 1 aliphatic heterocycles. The molecule has 6 nitrogen and oxygen atoms in total. The van der Waals surface area contributed by atoms with Crippen molar-refractivity contribution in [1.29, 1.82) is 0 Å². The Bertz CT molecular complexity index is 1130. The van der Waals surface area contributed by atoms with E-state index in [1.807, 2.05) is 12.1 Å². The summed E-state index contributed by atoms with van der Waals surface area (Å²) in [5.74, 6) is -0.0197. The van der Waals surface area contributed by atoms with Gasteiger partial charge in [-0.05, 0) is 54.4 Å². The Morgan fingerprint density at radius 3 is 2.60 bits per heavy atom. The van der Waals surface area contributed by atoms with E-state index in [0.29, 0.717) is 28.3 Å². The number of amides is 2. The third kappa shape index (κ3) is 4.10. The lowest BCUT2D eigenvalue weighted by Crippen LogP contribution is -2.25. The molecule has 2 N–H and O–H groups in total. The lowest BCUT2D eigenvalue weighted by Gasteiger charge is -2.13. The fourth-order valence-electron chi connectivity index (χ4n) is 3.15. The van der Waals surface area contributed by atoms with E-state index in [0.717, 1.165) is 5.56 Å². The molecule has 0 spiro atoms. The van der Waals surface area contributed by atoms with Gasteiger partial charge in [0.25, 0.3) is 11.8 Å². The molecule has 0 fully saturated rings. The molecule has 0 bridgehead atoms. The van der Waals surface area contributed by atoms with Crippen LogP contribution in [-0.2, 0) is 6.54 Å². The van der Waals surface area contributed by atoms with Gasteiger partial charge in [0.15, 0.2) is 11.5 Å². The maximum absolute atomic E-state index is 13.5. The first-order chi connectivity index (χ1) is 14.5. The van der Waals surface area contributed by atoms with Crippen molar-refractivity contribution in [2.45, 2.75) is 13.5 Å². The molecule has 0 aromatic heterocycles. The van der Waals surface area contributed by atoms with Crippen LogP contribution in [0.15, 0.2) is 60.7 Å². The van der Waals surface area contributed by atoms with E-state index in [-0.39, 0.29) is 24.8 Å². The van der Waals surface area contributed by atoms with Gasteiger partial charge in [0.2, 0.25) is 6.79 Å². The standard InChI is InChI=1S/C23H19FN2O4/c1-14-6-8-16(24)11-18(14)23(28)26-19-5-3-2-4-17(19)22(27)25-12-15-7-9-20-21(10-15)30-13-29-20/h2-11H,12-13H2,1H3,(H,25,27)(H,26,28). The van der Waals surface area contributed by atoms with Gasteiger partial charge in [-0.1, -0.05) is 24.3 Å². The average Bonchev–Trinajstić information content (AvgIpc) is 3.22. The minimum atomic E-state index is -0.500. The Morgan fingerprint density at radius 2 is 1.73 bits per heavy atom. The number of para-hydroxylation sites is 1. The molecule has 1 aliphatic rings. The maximum Gasteiger partial charge on any atom is 0.256 e. The van der Waals surface area contributed by atoms with E-state index >= 15 is 0 Å². The molecule has 2 amide bonds. The Labute approximate surface area is 172 Å². The zero-order valence-electron chi connectivity index (χ0n) is 16.2. The molecule has 4 rings (SSSR count). The molecule has 7 heteroatoms. The lowest BCUT2D eigenvalue weighted by atomic mass is 10.1. The van der Waals surface area contributed by atoms with E-state index in [4.69, 9.17) is 9.47 Å². The Hall–Kier alpha value is -3.87. The van der Waals surface area contributed by atoms with E-state index in [2.05, 4.69) is 10.6 Å². The zero-order valence-corrected chi connectivity index (χ0v) is 16.2. The summed E-state index contributed by atoms with van der Waals surface area (Å²) < 4.78 is 24.2. The van der Waals surface area contributed by atoms with Crippen LogP contribution >= 0.6 is 0 Å². The van der Waals surface area contributed by atoms with Crippen molar-refractivity contribution in [3.8, 4) is 11.5 Å². The number of hydrogen-bond donors (Lipinski definition) is 2. The number of aryl methyl sites for hydroxylation is 1. The van der Waals surface area contributed by atoms with Gasteiger partial charge in [-0.3, -0.25) is 9.59 Å². The number of halogens is 1. The summed E-state index contributed by atoms with van der Waals surface area (Å²) in [7, 11) is 0. The molecule has 3 aromatic carbocycles. The molecule has 30 heavy (non-hydrogen) atoms. The molecular weight excluding hydrogens is 387 g/mol. The SMILES string of the molecule is Cc1ccc(F)cc1C(=O)Nc1ccccc1C(=O)NCc1ccc2c(c1)OCO2. The van der Waals surface area contributed by atoms with Crippen LogP contribution in [0.4, 0.5) is 10.1 Å².